The van der Waals surface area contributed by atoms with Crippen molar-refractivity contribution in [1.29, 1.82) is 5.26 Å². The molecule has 2 aromatic rings. The van der Waals surface area contributed by atoms with Crippen LogP contribution in [0.15, 0.2) is 48.5 Å². The summed E-state index contributed by atoms with van der Waals surface area (Å²) < 4.78 is 5.52. The van der Waals surface area contributed by atoms with Crippen LogP contribution in [0.1, 0.15) is 15.9 Å². The van der Waals surface area contributed by atoms with Crippen molar-refractivity contribution in [1.82, 2.24) is 0 Å². The molecule has 0 amide bonds. The van der Waals surface area contributed by atoms with E-state index in [1.54, 1.807) is 12.1 Å². The zero-order chi connectivity index (χ0) is 13.0. The minimum absolute atomic E-state index is 0.0620. The number of benzene rings is 2. The molecular formula is C14H9NO3. The molecule has 0 spiro atoms. The molecule has 88 valence electrons. The molecular weight excluding hydrogens is 230 g/mol. The molecule has 0 heterocycles. The van der Waals surface area contributed by atoms with Crippen molar-refractivity contribution in [3.05, 3.63) is 59.7 Å². The van der Waals surface area contributed by atoms with Gasteiger partial charge < -0.3 is 9.84 Å². The number of hydrogen-bond acceptors (Lipinski definition) is 3. The second-order valence-corrected chi connectivity index (χ2v) is 3.54. The average molecular weight is 239 g/mol. The van der Waals surface area contributed by atoms with Gasteiger partial charge in [-0.1, -0.05) is 18.2 Å². The van der Waals surface area contributed by atoms with Gasteiger partial charge in [-0.2, -0.15) is 5.26 Å². The molecule has 4 nitrogen and oxygen atoms in total. The summed E-state index contributed by atoms with van der Waals surface area (Å²) in [5.41, 5.74) is 0.255. The lowest BCUT2D eigenvalue weighted by molar-refractivity contribution is 0.0697. The standard InChI is InChI=1S/C14H9NO3/c15-9-11-8-10(14(16)17)6-7-13(11)18-12-4-2-1-3-5-12/h1-8H,(H,16,17). The first kappa shape index (κ1) is 11.7. The molecule has 1 N–H and O–H groups in total. The molecule has 0 aromatic heterocycles. The number of carboxylic acid groups (broad SMARTS) is 1. The summed E-state index contributed by atoms with van der Waals surface area (Å²) in [7, 11) is 0. The Hall–Kier alpha value is -2.80. The van der Waals surface area contributed by atoms with Crippen LogP contribution in [0.4, 0.5) is 0 Å². The summed E-state index contributed by atoms with van der Waals surface area (Å²) in [6.07, 6.45) is 0. The van der Waals surface area contributed by atoms with Gasteiger partial charge in [0, 0.05) is 0 Å². The second kappa shape index (κ2) is 5.02. The molecule has 18 heavy (non-hydrogen) atoms. The van der Waals surface area contributed by atoms with Crippen LogP contribution in [0, 0.1) is 11.3 Å². The fourth-order valence-electron chi connectivity index (χ4n) is 1.45. The van der Waals surface area contributed by atoms with Gasteiger partial charge in [0.15, 0.2) is 0 Å². The van der Waals surface area contributed by atoms with Crippen LogP contribution in [-0.2, 0) is 0 Å². The van der Waals surface area contributed by atoms with E-state index in [-0.39, 0.29) is 11.1 Å². The maximum absolute atomic E-state index is 10.8. The molecule has 4 heteroatoms. The van der Waals surface area contributed by atoms with E-state index >= 15 is 0 Å². The normalized spacial score (nSPS) is 9.50. The summed E-state index contributed by atoms with van der Waals surface area (Å²) in [5, 5.41) is 17.8. The van der Waals surface area contributed by atoms with Crippen molar-refractivity contribution in [2.24, 2.45) is 0 Å². The number of nitrogens with zero attached hydrogens (tertiary/aromatic N) is 1. The van der Waals surface area contributed by atoms with Gasteiger partial charge in [-0.15, -0.1) is 0 Å². The zero-order valence-electron chi connectivity index (χ0n) is 9.33. The highest BCUT2D eigenvalue weighted by atomic mass is 16.5. The summed E-state index contributed by atoms with van der Waals surface area (Å²) in [6, 6.07) is 15.1. The maximum atomic E-state index is 10.8. The molecule has 0 fully saturated rings. The fraction of sp³-hybridized carbons (Fsp3) is 0. The molecule has 0 aliphatic heterocycles. The number of rotatable bonds is 3. The molecule has 2 aromatic carbocycles. The van der Waals surface area contributed by atoms with Crippen molar-refractivity contribution >= 4 is 5.97 Å². The van der Waals surface area contributed by atoms with Gasteiger partial charge in [-0.05, 0) is 30.3 Å². The van der Waals surface area contributed by atoms with Gasteiger partial charge in [-0.25, -0.2) is 4.79 Å². The molecule has 0 aliphatic carbocycles. The quantitative estimate of drug-likeness (QED) is 0.893. The van der Waals surface area contributed by atoms with Crippen molar-refractivity contribution in [3.63, 3.8) is 0 Å². The van der Waals surface area contributed by atoms with Crippen LogP contribution in [0.2, 0.25) is 0 Å². The van der Waals surface area contributed by atoms with Gasteiger partial charge in [0.05, 0.1) is 11.1 Å². The highest BCUT2D eigenvalue weighted by Crippen LogP contribution is 2.25. The Morgan fingerprint density at radius 3 is 2.50 bits per heavy atom. The Bertz CT molecular complexity index is 615. The third-order valence-electron chi connectivity index (χ3n) is 2.32. The highest BCUT2D eigenvalue weighted by molar-refractivity contribution is 5.88. The Morgan fingerprint density at radius 2 is 1.89 bits per heavy atom. The first-order valence-corrected chi connectivity index (χ1v) is 5.21. The van der Waals surface area contributed by atoms with Gasteiger partial charge in [-0.3, -0.25) is 0 Å². The van der Waals surface area contributed by atoms with Crippen LogP contribution in [-0.4, -0.2) is 11.1 Å². The second-order valence-electron chi connectivity index (χ2n) is 3.54. The molecule has 0 atom stereocenters. The summed E-state index contributed by atoms with van der Waals surface area (Å²) in [4.78, 5) is 10.8. The molecule has 0 radical (unpaired) electrons. The number of ether oxygens (including phenoxy) is 1. The third kappa shape index (κ3) is 2.47. The molecule has 0 aliphatic rings. The van der Waals surface area contributed by atoms with E-state index in [9.17, 15) is 4.79 Å². The maximum Gasteiger partial charge on any atom is 0.335 e. The van der Waals surface area contributed by atoms with Crippen LogP contribution in [0.3, 0.4) is 0 Å². The predicted octanol–water partition coefficient (Wildman–Crippen LogP) is 3.05. The van der Waals surface area contributed by atoms with Gasteiger partial charge >= 0.3 is 5.97 Å². The number of carboxylic acids is 1. The van der Waals surface area contributed by atoms with Gasteiger partial charge in [0.25, 0.3) is 0 Å². The average Bonchev–Trinajstić information content (AvgIpc) is 2.40. The fourth-order valence-corrected chi connectivity index (χ4v) is 1.45. The van der Waals surface area contributed by atoms with E-state index in [1.807, 2.05) is 24.3 Å². The summed E-state index contributed by atoms with van der Waals surface area (Å²) >= 11 is 0. The zero-order valence-corrected chi connectivity index (χ0v) is 9.33. The number of nitriles is 1. The predicted molar refractivity (Wildman–Crippen MR) is 64.6 cm³/mol. The Morgan fingerprint density at radius 1 is 1.17 bits per heavy atom. The third-order valence-corrected chi connectivity index (χ3v) is 2.32. The minimum atomic E-state index is -1.07. The molecule has 0 saturated heterocycles. The van der Waals surface area contributed by atoms with E-state index in [4.69, 9.17) is 15.1 Å². The smallest absolute Gasteiger partial charge is 0.335 e. The molecule has 2 rings (SSSR count). The van der Waals surface area contributed by atoms with E-state index in [0.29, 0.717) is 11.5 Å². The SMILES string of the molecule is N#Cc1cc(C(=O)O)ccc1Oc1ccccc1. The largest absolute Gasteiger partial charge is 0.478 e. The van der Waals surface area contributed by atoms with Crippen molar-refractivity contribution in [3.8, 4) is 17.6 Å². The minimum Gasteiger partial charge on any atom is -0.478 e. The number of aromatic carboxylic acids is 1. The Kier molecular flexibility index (Phi) is 3.26. The lowest BCUT2D eigenvalue weighted by Gasteiger charge is -2.07. The van der Waals surface area contributed by atoms with Gasteiger partial charge in [0.2, 0.25) is 0 Å². The highest BCUT2D eigenvalue weighted by Gasteiger charge is 2.09. The van der Waals surface area contributed by atoms with Crippen LogP contribution in [0.5, 0.6) is 11.5 Å². The van der Waals surface area contributed by atoms with E-state index in [0.717, 1.165) is 0 Å². The van der Waals surface area contributed by atoms with Gasteiger partial charge in [0.1, 0.15) is 17.6 Å². The lowest BCUT2D eigenvalue weighted by Crippen LogP contribution is -1.97. The van der Waals surface area contributed by atoms with E-state index < -0.39 is 5.97 Å². The number of para-hydroxylation sites is 1. The number of hydrogen-bond donors (Lipinski definition) is 1. The summed E-state index contributed by atoms with van der Waals surface area (Å²) in [5.74, 6) is -0.136. The molecule has 0 bridgehead atoms. The van der Waals surface area contributed by atoms with Crippen molar-refractivity contribution in [2.75, 3.05) is 0 Å². The van der Waals surface area contributed by atoms with Crippen molar-refractivity contribution in [2.45, 2.75) is 0 Å². The number of carbonyl (C=O) groups is 1. The first-order valence-electron chi connectivity index (χ1n) is 5.21. The first-order chi connectivity index (χ1) is 8.70. The Balaban J connectivity index is 2.35. The van der Waals surface area contributed by atoms with E-state index in [1.165, 1.54) is 18.2 Å². The lowest BCUT2D eigenvalue weighted by atomic mass is 10.1. The van der Waals surface area contributed by atoms with E-state index in [2.05, 4.69) is 0 Å². The monoisotopic (exact) mass is 239 g/mol. The molecule has 0 saturated carbocycles. The van der Waals surface area contributed by atoms with Crippen LogP contribution >= 0.6 is 0 Å². The van der Waals surface area contributed by atoms with Crippen molar-refractivity contribution < 1.29 is 14.6 Å². The van der Waals surface area contributed by atoms with Crippen LogP contribution < -0.4 is 4.74 Å². The summed E-state index contributed by atoms with van der Waals surface area (Å²) in [6.45, 7) is 0. The van der Waals surface area contributed by atoms with Crippen LogP contribution in [0.25, 0.3) is 0 Å². The topological polar surface area (TPSA) is 70.3 Å². The molecule has 0 unspecified atom stereocenters. The Labute approximate surface area is 104 Å².